The van der Waals surface area contributed by atoms with Crippen molar-refractivity contribution >= 4 is 17.8 Å². The number of rotatable bonds is 14. The van der Waals surface area contributed by atoms with Gasteiger partial charge in [-0.15, -0.1) is 0 Å². The lowest BCUT2D eigenvalue weighted by atomic mass is 9.96. The van der Waals surface area contributed by atoms with E-state index >= 15 is 0 Å². The number of carbonyl (C=O) groups is 3. The molecule has 2 unspecified atom stereocenters. The number of benzene rings is 1. The van der Waals surface area contributed by atoms with Crippen molar-refractivity contribution in [2.75, 3.05) is 27.6 Å². The lowest BCUT2D eigenvalue weighted by molar-refractivity contribution is -0.151. The minimum Gasteiger partial charge on any atom is -0.508 e. The molecule has 11 nitrogen and oxygen atoms in total. The first kappa shape index (κ1) is 33.2. The van der Waals surface area contributed by atoms with Gasteiger partial charge in [0.2, 0.25) is 6.79 Å². The van der Waals surface area contributed by atoms with Gasteiger partial charge in [0.05, 0.1) is 13.2 Å². The van der Waals surface area contributed by atoms with Crippen molar-refractivity contribution in [1.29, 1.82) is 0 Å². The van der Waals surface area contributed by atoms with Crippen LogP contribution < -0.4 is 14.8 Å². The predicted octanol–water partition coefficient (Wildman–Crippen LogP) is 3.88. The van der Waals surface area contributed by atoms with Gasteiger partial charge in [-0.1, -0.05) is 31.5 Å². The van der Waals surface area contributed by atoms with Crippen LogP contribution in [-0.4, -0.2) is 67.7 Å². The molecule has 11 heteroatoms. The number of hydrogen-bond acceptors (Lipinski definition) is 10. The highest BCUT2D eigenvalue weighted by Crippen LogP contribution is 2.29. The van der Waals surface area contributed by atoms with E-state index in [4.69, 9.17) is 28.8 Å². The zero-order valence-electron chi connectivity index (χ0n) is 23.5. The Morgan fingerprint density at radius 1 is 1.08 bits per heavy atom. The SMILES string of the molecule is CCC(CCOC)CC(C)OC(=O)[C@H](C)NC(=O)c1nccc(OC)c1OCOC(C)=O.Oc1ccccc1. The highest BCUT2D eigenvalue weighted by Gasteiger charge is 2.25. The molecule has 0 radical (unpaired) electrons. The first-order valence-corrected chi connectivity index (χ1v) is 12.7. The topological polar surface area (TPSA) is 143 Å². The molecule has 2 N–H and O–H groups in total. The number of pyridine rings is 1. The molecular formula is C28H40N2O9. The summed E-state index contributed by atoms with van der Waals surface area (Å²) in [5, 5.41) is 11.2. The summed E-state index contributed by atoms with van der Waals surface area (Å²) in [4.78, 5) is 40.2. The van der Waals surface area contributed by atoms with Crippen LogP contribution in [0.15, 0.2) is 42.6 Å². The van der Waals surface area contributed by atoms with Gasteiger partial charge in [0.25, 0.3) is 5.91 Å². The van der Waals surface area contributed by atoms with Gasteiger partial charge in [-0.25, -0.2) is 9.78 Å². The van der Waals surface area contributed by atoms with E-state index in [2.05, 4.69) is 17.2 Å². The zero-order valence-corrected chi connectivity index (χ0v) is 23.5. The van der Waals surface area contributed by atoms with E-state index in [1.165, 1.54) is 33.2 Å². The van der Waals surface area contributed by atoms with E-state index in [9.17, 15) is 14.4 Å². The van der Waals surface area contributed by atoms with Gasteiger partial charge >= 0.3 is 11.9 Å². The second-order valence-corrected chi connectivity index (χ2v) is 8.66. The Labute approximate surface area is 229 Å². The normalized spacial score (nSPS) is 12.6. The van der Waals surface area contributed by atoms with E-state index in [0.29, 0.717) is 24.7 Å². The van der Waals surface area contributed by atoms with Crippen LogP contribution in [0.1, 0.15) is 57.4 Å². The minimum atomic E-state index is -0.918. The Morgan fingerprint density at radius 3 is 2.31 bits per heavy atom. The summed E-state index contributed by atoms with van der Waals surface area (Å²) in [6.45, 7) is 6.89. The van der Waals surface area contributed by atoms with Gasteiger partial charge in [0.15, 0.2) is 17.2 Å². The molecule has 3 atom stereocenters. The molecular weight excluding hydrogens is 508 g/mol. The molecule has 0 aliphatic rings. The van der Waals surface area contributed by atoms with Crippen molar-refractivity contribution in [3.05, 3.63) is 48.3 Å². The van der Waals surface area contributed by atoms with Crippen LogP contribution in [0.25, 0.3) is 0 Å². The number of para-hydroxylation sites is 1. The van der Waals surface area contributed by atoms with Crippen molar-refractivity contribution in [1.82, 2.24) is 10.3 Å². The Balaban J connectivity index is 0.000000934. The fourth-order valence-corrected chi connectivity index (χ4v) is 3.41. The third kappa shape index (κ3) is 13.0. The molecule has 0 saturated carbocycles. The van der Waals surface area contributed by atoms with Crippen LogP contribution >= 0.6 is 0 Å². The number of nitrogens with one attached hydrogen (secondary N) is 1. The van der Waals surface area contributed by atoms with E-state index in [1.54, 1.807) is 31.4 Å². The molecule has 1 amide bonds. The number of aromatic hydroxyl groups is 1. The molecule has 0 aliphatic carbocycles. The largest absolute Gasteiger partial charge is 0.508 e. The summed E-state index contributed by atoms with van der Waals surface area (Å²) < 4.78 is 25.9. The number of methoxy groups -OCH3 is 2. The first-order chi connectivity index (χ1) is 18.6. The maximum absolute atomic E-state index is 12.7. The number of ether oxygens (including phenoxy) is 5. The number of aromatic nitrogens is 1. The summed E-state index contributed by atoms with van der Waals surface area (Å²) in [7, 11) is 3.05. The number of phenolic OH excluding ortho intramolecular Hbond substituents is 1. The molecule has 2 rings (SSSR count). The fraction of sp³-hybridized carbons (Fsp3) is 0.500. The second kappa shape index (κ2) is 18.4. The monoisotopic (exact) mass is 548 g/mol. The van der Waals surface area contributed by atoms with Crippen LogP contribution in [0.4, 0.5) is 0 Å². The molecule has 0 fully saturated rings. The number of amides is 1. The minimum absolute atomic E-state index is 0.00776. The summed E-state index contributed by atoms with van der Waals surface area (Å²) in [5.74, 6) is -0.850. The molecule has 0 bridgehead atoms. The van der Waals surface area contributed by atoms with Crippen molar-refractivity contribution in [3.8, 4) is 17.2 Å². The summed E-state index contributed by atoms with van der Waals surface area (Å²) in [5.41, 5.74) is -0.116. The number of esters is 2. The first-order valence-electron chi connectivity index (χ1n) is 12.7. The number of carbonyl (C=O) groups excluding carboxylic acids is 3. The third-order valence-corrected chi connectivity index (χ3v) is 5.52. The molecule has 0 saturated heterocycles. The average molecular weight is 549 g/mol. The molecule has 39 heavy (non-hydrogen) atoms. The number of phenols is 1. The Hall–Kier alpha value is -3.86. The molecule has 216 valence electrons. The lowest BCUT2D eigenvalue weighted by Crippen LogP contribution is -2.41. The summed E-state index contributed by atoms with van der Waals surface area (Å²) in [6, 6.07) is 9.29. The van der Waals surface area contributed by atoms with Crippen molar-refractivity contribution in [2.24, 2.45) is 5.92 Å². The predicted molar refractivity (Wildman–Crippen MR) is 144 cm³/mol. The maximum Gasteiger partial charge on any atom is 0.328 e. The highest BCUT2D eigenvalue weighted by atomic mass is 16.7. The number of hydrogen-bond donors (Lipinski definition) is 2. The quantitative estimate of drug-likeness (QED) is 0.264. The smallest absolute Gasteiger partial charge is 0.328 e. The van der Waals surface area contributed by atoms with E-state index in [-0.39, 0.29) is 23.3 Å². The maximum atomic E-state index is 12.7. The van der Waals surface area contributed by atoms with Crippen molar-refractivity contribution in [2.45, 2.75) is 59.1 Å². The summed E-state index contributed by atoms with van der Waals surface area (Å²) >= 11 is 0. The molecule has 1 aromatic carbocycles. The Bertz CT molecular complexity index is 1020. The fourth-order valence-electron chi connectivity index (χ4n) is 3.41. The lowest BCUT2D eigenvalue weighted by Gasteiger charge is -2.22. The van der Waals surface area contributed by atoms with E-state index < -0.39 is 30.7 Å². The van der Waals surface area contributed by atoms with Gasteiger partial charge in [0, 0.05) is 32.9 Å². The molecule has 0 spiro atoms. The van der Waals surface area contributed by atoms with Gasteiger partial charge in [0.1, 0.15) is 11.8 Å². The van der Waals surface area contributed by atoms with Crippen molar-refractivity contribution in [3.63, 3.8) is 0 Å². The highest BCUT2D eigenvalue weighted by molar-refractivity contribution is 5.98. The second-order valence-electron chi connectivity index (χ2n) is 8.66. The van der Waals surface area contributed by atoms with Crippen molar-refractivity contribution < 1.29 is 43.2 Å². The Kier molecular flexibility index (Phi) is 15.6. The van der Waals surface area contributed by atoms with Gasteiger partial charge < -0.3 is 34.1 Å². The number of nitrogens with zero attached hydrogens (tertiary/aromatic N) is 1. The van der Waals surface area contributed by atoms with Gasteiger partial charge in [-0.2, -0.15) is 0 Å². The van der Waals surface area contributed by atoms with Gasteiger partial charge in [-0.05, 0) is 44.7 Å². The van der Waals surface area contributed by atoms with Crippen LogP contribution in [0.3, 0.4) is 0 Å². The van der Waals surface area contributed by atoms with Crippen LogP contribution in [-0.2, 0) is 23.8 Å². The molecule has 0 aliphatic heterocycles. The van der Waals surface area contributed by atoms with Crippen LogP contribution in [0.5, 0.6) is 17.2 Å². The van der Waals surface area contributed by atoms with E-state index in [1.807, 2.05) is 13.0 Å². The zero-order chi connectivity index (χ0) is 29.2. The molecule has 1 aromatic heterocycles. The molecule has 2 aromatic rings. The average Bonchev–Trinajstić information content (AvgIpc) is 2.91. The molecule has 1 heterocycles. The summed E-state index contributed by atoms with van der Waals surface area (Å²) in [6.07, 6.45) is 3.61. The van der Waals surface area contributed by atoms with Crippen LogP contribution in [0.2, 0.25) is 0 Å². The third-order valence-electron chi connectivity index (χ3n) is 5.52. The van der Waals surface area contributed by atoms with Gasteiger partial charge in [-0.3, -0.25) is 9.59 Å². The van der Waals surface area contributed by atoms with E-state index in [0.717, 1.165) is 12.8 Å². The standard InChI is InChI=1S/C22H34N2O8.C6H6O/c1-7-17(9-11-28-5)12-14(2)32-22(27)15(3)24-21(26)19-20(31-13-30-16(4)25)18(29-6)8-10-23-19;7-6-4-2-1-3-5-6/h8,10,14-15,17H,7,9,11-13H2,1-6H3,(H,24,26);1-5,7H/t14?,15-,17?;/m0./s1. The van der Waals surface area contributed by atoms with Crippen LogP contribution in [0, 0.1) is 5.92 Å². The Morgan fingerprint density at radius 2 is 1.77 bits per heavy atom.